The Bertz CT molecular complexity index is 1710. The van der Waals surface area contributed by atoms with E-state index in [9.17, 15) is 61.0 Å². The highest BCUT2D eigenvalue weighted by atomic mass is 16.8. The monoisotopic (exact) mass is 1110 g/mol. The molecule has 17 atom stereocenters. The molecule has 3 heterocycles. The van der Waals surface area contributed by atoms with Crippen molar-refractivity contribution in [3.05, 3.63) is 72.9 Å². The molecule has 0 aromatic rings. The lowest BCUT2D eigenvalue weighted by atomic mass is 9.96. The van der Waals surface area contributed by atoms with Crippen LogP contribution in [-0.2, 0) is 33.2 Å². The van der Waals surface area contributed by atoms with Gasteiger partial charge in [-0.3, -0.25) is 4.79 Å². The number of ether oxygens (including phenoxy) is 6. The van der Waals surface area contributed by atoms with E-state index in [4.69, 9.17) is 28.4 Å². The van der Waals surface area contributed by atoms with Crippen LogP contribution in [-0.4, -0.2) is 193 Å². The van der Waals surface area contributed by atoms with Gasteiger partial charge < -0.3 is 89.9 Å². The van der Waals surface area contributed by atoms with Gasteiger partial charge in [0.15, 0.2) is 18.9 Å². The molecule has 0 aromatic heterocycles. The molecule has 0 radical (unpaired) electrons. The highest BCUT2D eigenvalue weighted by Crippen LogP contribution is 2.33. The normalized spacial score (nSPS) is 31.0. The zero-order valence-electron chi connectivity index (χ0n) is 46.6. The summed E-state index contributed by atoms with van der Waals surface area (Å²) in [5.41, 5.74) is 0. The summed E-state index contributed by atoms with van der Waals surface area (Å²) in [6.45, 7) is 1.59. The SMILES string of the molecule is CC/C=C\C/C=C\C/C=C\C/C=C\C/C=C\C/C=C\CCC(=O)NC(COC1OC(CO)C(OC2OC(CO)C(OC3OC(CO)C(O)C(O)C3O)C(O)C2O)C(O)C1O)C(O)CCCCCCCCCCCCCCCC. The second-order valence-corrected chi connectivity index (χ2v) is 20.7. The number of hydrogen-bond acceptors (Lipinski definition) is 18. The molecule has 17 unspecified atom stereocenters. The second kappa shape index (κ2) is 42.1. The van der Waals surface area contributed by atoms with Crippen LogP contribution in [0.2, 0.25) is 0 Å². The molecule has 78 heavy (non-hydrogen) atoms. The van der Waals surface area contributed by atoms with E-state index < -0.39 is 124 Å². The number of carbonyl (C=O) groups is 1. The summed E-state index contributed by atoms with van der Waals surface area (Å²) in [4.78, 5) is 13.3. The predicted molar refractivity (Wildman–Crippen MR) is 295 cm³/mol. The van der Waals surface area contributed by atoms with E-state index in [1.165, 1.54) is 64.2 Å². The first-order chi connectivity index (χ1) is 37.8. The van der Waals surface area contributed by atoms with Crippen LogP contribution in [0.25, 0.3) is 0 Å². The number of aliphatic hydroxyl groups excluding tert-OH is 11. The first-order valence-electron chi connectivity index (χ1n) is 29.2. The molecule has 3 saturated heterocycles. The van der Waals surface area contributed by atoms with Gasteiger partial charge in [-0.2, -0.15) is 0 Å². The molecule has 0 bridgehead atoms. The first kappa shape index (κ1) is 69.5. The molecule has 450 valence electrons. The van der Waals surface area contributed by atoms with Crippen LogP contribution in [0.4, 0.5) is 0 Å². The minimum atomic E-state index is -1.98. The summed E-state index contributed by atoms with van der Waals surface area (Å²) in [6, 6.07) is -0.930. The zero-order valence-corrected chi connectivity index (χ0v) is 46.6. The smallest absolute Gasteiger partial charge is 0.220 e. The zero-order chi connectivity index (χ0) is 56.9. The summed E-state index contributed by atoms with van der Waals surface area (Å²) in [5.74, 6) is -0.328. The lowest BCUT2D eigenvalue weighted by Crippen LogP contribution is -2.66. The van der Waals surface area contributed by atoms with Crippen molar-refractivity contribution in [3.8, 4) is 0 Å². The fraction of sp³-hybridized carbons (Fsp3) is 0.780. The third-order valence-corrected chi connectivity index (χ3v) is 14.3. The molecule has 3 aliphatic rings. The van der Waals surface area contributed by atoms with Gasteiger partial charge in [0.05, 0.1) is 38.6 Å². The molecule has 19 nitrogen and oxygen atoms in total. The van der Waals surface area contributed by atoms with Gasteiger partial charge in [0, 0.05) is 6.42 Å². The summed E-state index contributed by atoms with van der Waals surface area (Å²) >= 11 is 0. The summed E-state index contributed by atoms with van der Waals surface area (Å²) in [7, 11) is 0. The highest BCUT2D eigenvalue weighted by molar-refractivity contribution is 5.76. The standard InChI is InChI=1S/C59H101NO18/c1-3-5-7-9-11-13-15-17-19-20-21-22-23-25-27-29-31-33-35-37-47(65)60-42(43(64)36-34-32-30-28-26-24-18-16-14-12-10-8-6-4-2)41-73-57-53(71)50(68)55(45(39-62)75-57)78-59-54(72)51(69)56(46(40-63)76-59)77-58-52(70)49(67)48(66)44(38-61)74-58/h5,7,11,13,17,19,21-22,25,27,31,33,42-46,48-59,61-64,66-72H,3-4,6,8-10,12,14-16,18,20,23-24,26,28-30,32,34-41H2,1-2H3,(H,60,65)/b7-5-,13-11-,19-17-,22-21-,27-25-,33-31-. The van der Waals surface area contributed by atoms with Crippen molar-refractivity contribution in [2.75, 3.05) is 26.4 Å². The molecule has 3 fully saturated rings. The number of carbonyl (C=O) groups excluding carboxylic acids is 1. The number of unbranched alkanes of at least 4 members (excludes halogenated alkanes) is 13. The Morgan fingerprint density at radius 3 is 1.31 bits per heavy atom. The van der Waals surface area contributed by atoms with Gasteiger partial charge in [0.1, 0.15) is 73.2 Å². The Morgan fingerprint density at radius 2 is 0.859 bits per heavy atom. The van der Waals surface area contributed by atoms with Crippen molar-refractivity contribution in [2.45, 2.75) is 266 Å². The van der Waals surface area contributed by atoms with Crippen molar-refractivity contribution < 1.29 is 89.4 Å². The minimum absolute atomic E-state index is 0.138. The van der Waals surface area contributed by atoms with Crippen LogP contribution < -0.4 is 5.32 Å². The van der Waals surface area contributed by atoms with Crippen molar-refractivity contribution >= 4 is 5.91 Å². The molecule has 0 aromatic carbocycles. The minimum Gasteiger partial charge on any atom is -0.394 e. The van der Waals surface area contributed by atoms with Crippen LogP contribution in [0.1, 0.15) is 162 Å². The van der Waals surface area contributed by atoms with E-state index in [0.717, 1.165) is 51.4 Å². The lowest BCUT2D eigenvalue weighted by molar-refractivity contribution is -0.379. The van der Waals surface area contributed by atoms with Crippen LogP contribution in [0, 0.1) is 0 Å². The first-order valence-corrected chi connectivity index (χ1v) is 29.2. The maximum absolute atomic E-state index is 13.3. The Kier molecular flexibility index (Phi) is 37.5. The Hall–Kier alpha value is -2.77. The number of aliphatic hydroxyl groups is 11. The number of allylic oxidation sites excluding steroid dienone is 12. The largest absolute Gasteiger partial charge is 0.394 e. The van der Waals surface area contributed by atoms with E-state index in [0.29, 0.717) is 25.7 Å². The fourth-order valence-corrected chi connectivity index (χ4v) is 9.51. The molecule has 3 rings (SSSR count). The van der Waals surface area contributed by atoms with Gasteiger partial charge in [0.2, 0.25) is 5.91 Å². The summed E-state index contributed by atoms with van der Waals surface area (Å²) in [6.07, 6.45) is 21.4. The van der Waals surface area contributed by atoms with Gasteiger partial charge in [-0.15, -0.1) is 0 Å². The average Bonchev–Trinajstić information content (AvgIpc) is 3.45. The molecule has 12 N–H and O–H groups in total. The third-order valence-electron chi connectivity index (χ3n) is 14.3. The van der Waals surface area contributed by atoms with Crippen LogP contribution in [0.15, 0.2) is 72.9 Å². The van der Waals surface area contributed by atoms with Crippen molar-refractivity contribution in [1.29, 1.82) is 0 Å². The van der Waals surface area contributed by atoms with Gasteiger partial charge in [-0.05, 0) is 51.4 Å². The van der Waals surface area contributed by atoms with E-state index in [1.54, 1.807) is 0 Å². The maximum atomic E-state index is 13.3. The number of amides is 1. The molecule has 0 spiro atoms. The van der Waals surface area contributed by atoms with Crippen molar-refractivity contribution in [2.24, 2.45) is 0 Å². The predicted octanol–water partition coefficient (Wildman–Crippen LogP) is 4.65. The Labute approximate surface area is 464 Å². The quantitative estimate of drug-likeness (QED) is 0.0293. The lowest BCUT2D eigenvalue weighted by Gasteiger charge is -2.48. The van der Waals surface area contributed by atoms with Crippen LogP contribution >= 0.6 is 0 Å². The van der Waals surface area contributed by atoms with Gasteiger partial charge >= 0.3 is 0 Å². The topological polar surface area (TPSA) is 307 Å². The van der Waals surface area contributed by atoms with Gasteiger partial charge in [-0.25, -0.2) is 0 Å². The third kappa shape index (κ3) is 26.0. The average molecular weight is 1110 g/mol. The van der Waals surface area contributed by atoms with E-state index in [-0.39, 0.29) is 18.9 Å². The molecule has 0 aliphatic carbocycles. The van der Waals surface area contributed by atoms with E-state index in [2.05, 4.69) is 79.9 Å². The number of rotatable bonds is 41. The number of hydrogen-bond donors (Lipinski definition) is 12. The molecule has 3 aliphatic heterocycles. The van der Waals surface area contributed by atoms with Crippen LogP contribution in [0.5, 0.6) is 0 Å². The molecular weight excluding hydrogens is 1010 g/mol. The second-order valence-electron chi connectivity index (χ2n) is 20.7. The summed E-state index contributed by atoms with van der Waals surface area (Å²) < 4.78 is 34.2. The Morgan fingerprint density at radius 1 is 0.474 bits per heavy atom. The maximum Gasteiger partial charge on any atom is 0.220 e. The van der Waals surface area contributed by atoms with Crippen LogP contribution in [0.3, 0.4) is 0 Å². The fourth-order valence-electron chi connectivity index (χ4n) is 9.51. The molecule has 0 saturated carbocycles. The van der Waals surface area contributed by atoms with E-state index in [1.807, 2.05) is 12.2 Å². The Balaban J connectivity index is 1.53. The van der Waals surface area contributed by atoms with Crippen molar-refractivity contribution in [1.82, 2.24) is 5.32 Å². The van der Waals surface area contributed by atoms with Gasteiger partial charge in [-0.1, -0.05) is 177 Å². The summed E-state index contributed by atoms with van der Waals surface area (Å²) in [5, 5.41) is 120. The number of nitrogens with one attached hydrogen (secondary N) is 1. The molecular formula is C59H101NO18. The van der Waals surface area contributed by atoms with Gasteiger partial charge in [0.25, 0.3) is 0 Å². The molecule has 1 amide bonds. The highest BCUT2D eigenvalue weighted by Gasteiger charge is 2.53. The van der Waals surface area contributed by atoms with E-state index >= 15 is 0 Å². The van der Waals surface area contributed by atoms with Crippen molar-refractivity contribution in [3.63, 3.8) is 0 Å². The molecule has 19 heteroatoms.